The Labute approximate surface area is 319 Å². The zero-order chi connectivity index (χ0) is 38.8. The summed E-state index contributed by atoms with van der Waals surface area (Å²) >= 11 is 0. The molecule has 1 heterocycles. The van der Waals surface area contributed by atoms with Crippen molar-refractivity contribution in [3.63, 3.8) is 0 Å². The van der Waals surface area contributed by atoms with Gasteiger partial charge in [-0.2, -0.15) is 4.72 Å². The van der Waals surface area contributed by atoms with E-state index in [4.69, 9.17) is 0 Å². The maximum absolute atomic E-state index is 14.3. The fraction of sp³-hybridized carbons (Fsp3) is 0.488. The van der Waals surface area contributed by atoms with E-state index in [0.29, 0.717) is 23.9 Å². The molecule has 0 saturated heterocycles. The van der Waals surface area contributed by atoms with Crippen LogP contribution in [0.15, 0.2) is 84.1 Å². The lowest BCUT2D eigenvalue weighted by Gasteiger charge is -2.34. The molecule has 1 fully saturated rings. The first kappa shape index (κ1) is 40.9. The van der Waals surface area contributed by atoms with Crippen molar-refractivity contribution in [1.29, 1.82) is 0 Å². The van der Waals surface area contributed by atoms with Crippen LogP contribution in [0.5, 0.6) is 0 Å². The summed E-state index contributed by atoms with van der Waals surface area (Å²) in [5.41, 5.74) is 2.14. The smallest absolute Gasteiger partial charge is 0.243 e. The van der Waals surface area contributed by atoms with E-state index < -0.39 is 52.2 Å². The molecule has 0 radical (unpaired) electrons. The van der Waals surface area contributed by atoms with E-state index in [1.165, 1.54) is 12.4 Å². The molecule has 2 amide bonds. The molecule has 4 aromatic rings. The first-order valence-corrected chi connectivity index (χ1v) is 20.5. The molecule has 1 aliphatic carbocycles. The van der Waals surface area contributed by atoms with Crippen molar-refractivity contribution in [2.24, 2.45) is 11.8 Å². The third-order valence-corrected chi connectivity index (χ3v) is 11.8. The molecular weight excluding hydrogens is 705 g/mol. The number of aliphatic hydroxyl groups excluding tert-OH is 2. The fourth-order valence-corrected chi connectivity index (χ4v) is 8.93. The van der Waals surface area contributed by atoms with Crippen molar-refractivity contribution >= 4 is 38.3 Å². The van der Waals surface area contributed by atoms with Crippen molar-refractivity contribution in [2.45, 2.75) is 107 Å². The number of amides is 2. The number of benzene rings is 3. The highest BCUT2D eigenvalue weighted by atomic mass is 32.2. The second-order valence-corrected chi connectivity index (χ2v) is 17.0. The van der Waals surface area contributed by atoms with Gasteiger partial charge in [0.2, 0.25) is 21.8 Å². The molecule has 5 rings (SSSR count). The number of H-pyrrole nitrogens is 1. The second kappa shape index (κ2) is 18.8. The summed E-state index contributed by atoms with van der Waals surface area (Å²) in [6.45, 7) is 3.92. The van der Waals surface area contributed by atoms with Crippen LogP contribution in [0.25, 0.3) is 10.8 Å². The van der Waals surface area contributed by atoms with Gasteiger partial charge < -0.3 is 30.7 Å². The first-order valence-electron chi connectivity index (χ1n) is 19.0. The van der Waals surface area contributed by atoms with E-state index in [1.54, 1.807) is 24.4 Å². The van der Waals surface area contributed by atoms with Gasteiger partial charge in [-0.3, -0.25) is 9.59 Å². The second-order valence-electron chi connectivity index (χ2n) is 15.3. The Bertz CT molecular complexity index is 1910. The molecule has 3 aromatic carbocycles. The van der Waals surface area contributed by atoms with E-state index in [0.717, 1.165) is 48.7 Å². The lowest BCUT2D eigenvalue weighted by Crippen LogP contribution is -2.58. The number of carbonyl (C=O) groups is 2. The SMILES string of the molecule is CC(C)C[C@H](O)[C@H](O)[C@H](CC1CCCCC1)NC(=O)[C@H](Cc1cnc[nH]1)NC(=O)[C@H](Cc1ccccc1)NS(=O)(=O)c1cccc2c(N(C)C)cccc12. The van der Waals surface area contributed by atoms with Crippen LogP contribution in [0.2, 0.25) is 0 Å². The normalized spacial score (nSPS) is 16.7. The molecule has 0 unspecified atom stereocenters. The average molecular weight is 761 g/mol. The number of aliphatic hydroxyl groups is 2. The number of nitrogens with one attached hydrogen (secondary N) is 4. The number of aromatic amines is 1. The lowest BCUT2D eigenvalue weighted by molar-refractivity contribution is -0.131. The number of rotatable bonds is 18. The summed E-state index contributed by atoms with van der Waals surface area (Å²) in [7, 11) is -0.501. The molecule has 1 aliphatic rings. The van der Waals surface area contributed by atoms with Crippen molar-refractivity contribution in [3.8, 4) is 0 Å². The van der Waals surface area contributed by atoms with Gasteiger partial charge in [0.1, 0.15) is 18.2 Å². The maximum Gasteiger partial charge on any atom is 0.243 e. The maximum atomic E-state index is 14.3. The van der Waals surface area contributed by atoms with Gasteiger partial charge in [0, 0.05) is 48.9 Å². The van der Waals surface area contributed by atoms with E-state index >= 15 is 0 Å². The van der Waals surface area contributed by atoms with Gasteiger partial charge >= 0.3 is 0 Å². The zero-order valence-corrected chi connectivity index (χ0v) is 32.6. The zero-order valence-electron chi connectivity index (χ0n) is 31.7. The summed E-state index contributed by atoms with van der Waals surface area (Å²) in [6.07, 6.45) is 6.90. The van der Waals surface area contributed by atoms with Crippen LogP contribution in [-0.4, -0.2) is 84.8 Å². The number of nitrogens with zero attached hydrogens (tertiary/aromatic N) is 2. The van der Waals surface area contributed by atoms with Gasteiger partial charge in [-0.25, -0.2) is 13.4 Å². The topological polar surface area (TPSA) is 177 Å². The minimum atomic E-state index is -4.27. The molecule has 0 aliphatic heterocycles. The highest BCUT2D eigenvalue weighted by Crippen LogP contribution is 2.31. The number of hydrogen-bond acceptors (Lipinski definition) is 8. The van der Waals surface area contributed by atoms with Crippen LogP contribution in [0.4, 0.5) is 5.69 Å². The molecule has 54 heavy (non-hydrogen) atoms. The summed E-state index contributed by atoms with van der Waals surface area (Å²) < 4.78 is 31.1. The van der Waals surface area contributed by atoms with E-state index in [9.17, 15) is 28.2 Å². The van der Waals surface area contributed by atoms with Gasteiger partial charge in [0.05, 0.1) is 23.4 Å². The number of imidazole rings is 1. The van der Waals surface area contributed by atoms with Crippen LogP contribution >= 0.6 is 0 Å². The molecule has 1 saturated carbocycles. The average Bonchev–Trinajstić information content (AvgIpc) is 3.67. The lowest BCUT2D eigenvalue weighted by atomic mass is 9.82. The third-order valence-electron chi connectivity index (χ3n) is 10.3. The molecule has 5 atom stereocenters. The van der Waals surface area contributed by atoms with Crippen LogP contribution in [-0.2, 0) is 32.5 Å². The van der Waals surface area contributed by atoms with Gasteiger partial charge in [-0.15, -0.1) is 0 Å². The van der Waals surface area contributed by atoms with Crippen molar-refractivity contribution in [2.75, 3.05) is 19.0 Å². The molecule has 0 bridgehead atoms. The van der Waals surface area contributed by atoms with Gasteiger partial charge in [-0.1, -0.05) is 101 Å². The predicted octanol–water partition coefficient (Wildman–Crippen LogP) is 4.47. The largest absolute Gasteiger partial charge is 0.390 e. The monoisotopic (exact) mass is 760 g/mol. The van der Waals surface area contributed by atoms with E-state index in [2.05, 4.69) is 25.3 Å². The minimum Gasteiger partial charge on any atom is -0.390 e. The Balaban J connectivity index is 1.44. The van der Waals surface area contributed by atoms with E-state index in [-0.39, 0.29) is 29.6 Å². The van der Waals surface area contributed by atoms with Crippen molar-refractivity contribution in [3.05, 3.63) is 90.5 Å². The molecule has 0 spiro atoms. The number of fused-ring (bicyclic) bond motifs is 1. The fourth-order valence-electron chi connectivity index (χ4n) is 7.51. The number of anilines is 1. The van der Waals surface area contributed by atoms with Gasteiger partial charge in [-0.05, 0) is 48.8 Å². The standard InChI is InChI=1S/C41H56N6O6S/c1-27(2)21-37(48)39(49)33(22-28-13-7-5-8-14-28)44-40(50)34(24-30-25-42-26-43-30)45-41(51)35(23-29-15-9-6-10-16-29)46-54(52,53)38-20-12-17-31-32(38)18-11-19-36(31)47(3)4/h6,9-12,15-20,25-28,33-35,37,39,46,48-49H,5,7-8,13-14,21-24H2,1-4H3,(H,42,43)(H,44,50)(H,45,51)/t33-,34-,35-,37-,39+/m0/s1. The van der Waals surface area contributed by atoms with Crippen LogP contribution in [0, 0.1) is 11.8 Å². The van der Waals surface area contributed by atoms with Crippen molar-refractivity contribution in [1.82, 2.24) is 25.3 Å². The minimum absolute atomic E-state index is 0.0163. The van der Waals surface area contributed by atoms with Crippen molar-refractivity contribution < 1.29 is 28.2 Å². The third kappa shape index (κ3) is 10.9. The molecule has 1 aromatic heterocycles. The predicted molar refractivity (Wildman–Crippen MR) is 211 cm³/mol. The highest BCUT2D eigenvalue weighted by molar-refractivity contribution is 7.89. The summed E-state index contributed by atoms with van der Waals surface area (Å²) in [4.78, 5) is 37.6. The Morgan fingerprint density at radius 1 is 0.870 bits per heavy atom. The molecule has 13 heteroatoms. The molecule has 6 N–H and O–H groups in total. The quantitative estimate of drug-likeness (QED) is 0.0861. The van der Waals surface area contributed by atoms with Gasteiger partial charge in [0.15, 0.2) is 0 Å². The Morgan fingerprint density at radius 2 is 1.56 bits per heavy atom. The van der Waals surface area contributed by atoms with Gasteiger partial charge in [0.25, 0.3) is 0 Å². The first-order chi connectivity index (χ1) is 25.8. The number of carbonyl (C=O) groups excluding carboxylic acids is 2. The molecule has 12 nitrogen and oxygen atoms in total. The molecule has 292 valence electrons. The highest BCUT2D eigenvalue weighted by Gasteiger charge is 2.35. The van der Waals surface area contributed by atoms with Crippen LogP contribution in [0.1, 0.15) is 70.1 Å². The van der Waals surface area contributed by atoms with Crippen LogP contribution in [0.3, 0.4) is 0 Å². The Morgan fingerprint density at radius 3 is 2.22 bits per heavy atom. The van der Waals surface area contributed by atoms with Crippen LogP contribution < -0.4 is 20.3 Å². The summed E-state index contributed by atoms with van der Waals surface area (Å²) in [5, 5.41) is 29.4. The molecular formula is C41H56N6O6S. The number of aromatic nitrogens is 2. The Hall–Kier alpha value is -4.30. The Kier molecular flexibility index (Phi) is 14.3. The van der Waals surface area contributed by atoms with E-state index in [1.807, 2.05) is 75.3 Å². The number of sulfonamides is 1. The summed E-state index contributed by atoms with van der Waals surface area (Å²) in [5.74, 6) is -0.845. The number of hydrogen-bond donors (Lipinski definition) is 6. The summed E-state index contributed by atoms with van der Waals surface area (Å²) in [6, 6.07) is 16.4.